The first-order valence-corrected chi connectivity index (χ1v) is 8.79. The van der Waals surface area contributed by atoms with Crippen molar-refractivity contribution in [2.75, 3.05) is 26.7 Å². The number of carbonyl (C=O) groups is 1. The van der Waals surface area contributed by atoms with Gasteiger partial charge in [0.15, 0.2) is 0 Å². The molecule has 25 heavy (non-hydrogen) atoms. The van der Waals surface area contributed by atoms with Crippen molar-refractivity contribution in [1.82, 2.24) is 9.80 Å². The van der Waals surface area contributed by atoms with Crippen LogP contribution in [0.4, 0.5) is 0 Å². The van der Waals surface area contributed by atoms with Crippen molar-refractivity contribution in [2.45, 2.75) is 45.7 Å². The highest BCUT2D eigenvalue weighted by Gasteiger charge is 2.16. The lowest BCUT2D eigenvalue weighted by Crippen LogP contribution is -2.34. The van der Waals surface area contributed by atoms with E-state index in [4.69, 9.17) is 5.73 Å². The third kappa shape index (κ3) is 7.53. The molecule has 2 N–H and O–H groups in total. The molecule has 0 radical (unpaired) electrons. The number of halogens is 2. The number of rotatable bonds is 7. The second kappa shape index (κ2) is 11.7. The Morgan fingerprint density at radius 2 is 1.88 bits per heavy atom. The smallest absolute Gasteiger partial charge is 0.253 e. The Kier molecular flexibility index (Phi) is 11.4. The lowest BCUT2D eigenvalue weighted by Gasteiger charge is -2.22. The number of nitrogens with two attached hydrogens (primary N) is 1. The molecule has 1 fully saturated rings. The molecule has 6 heteroatoms. The van der Waals surface area contributed by atoms with Crippen molar-refractivity contribution < 1.29 is 4.79 Å². The van der Waals surface area contributed by atoms with Gasteiger partial charge in [-0.1, -0.05) is 26.0 Å². The number of likely N-dealkylation sites (tertiary alicyclic amines) is 1. The molecular formula is C19H33Cl2N3O. The summed E-state index contributed by atoms with van der Waals surface area (Å²) in [7, 11) is 1.86. The van der Waals surface area contributed by atoms with E-state index in [0.29, 0.717) is 12.5 Å². The molecule has 0 aromatic heterocycles. The Bertz CT molecular complexity index is 519. The fraction of sp³-hybridized carbons (Fsp3) is 0.632. The van der Waals surface area contributed by atoms with E-state index >= 15 is 0 Å². The Hall–Kier alpha value is -0.810. The van der Waals surface area contributed by atoms with E-state index in [1.807, 2.05) is 25.2 Å². The van der Waals surface area contributed by atoms with Gasteiger partial charge in [0.1, 0.15) is 0 Å². The van der Waals surface area contributed by atoms with Crippen LogP contribution in [0.3, 0.4) is 0 Å². The molecule has 1 aromatic rings. The first kappa shape index (κ1) is 24.2. The SMILES string of the molecule is CC(C)C(N)CCN(C)C(=O)c1cccc(CN2CCCC2)c1.Cl.Cl. The van der Waals surface area contributed by atoms with E-state index in [2.05, 4.69) is 24.8 Å². The van der Waals surface area contributed by atoms with E-state index in [-0.39, 0.29) is 36.8 Å². The normalized spacial score (nSPS) is 15.4. The zero-order chi connectivity index (χ0) is 16.8. The number of hydrogen-bond donors (Lipinski definition) is 1. The topological polar surface area (TPSA) is 49.6 Å². The molecule has 1 amide bonds. The first-order valence-electron chi connectivity index (χ1n) is 8.79. The van der Waals surface area contributed by atoms with Gasteiger partial charge in [0.25, 0.3) is 5.91 Å². The van der Waals surface area contributed by atoms with E-state index in [1.54, 1.807) is 4.90 Å². The van der Waals surface area contributed by atoms with Gasteiger partial charge < -0.3 is 10.6 Å². The van der Waals surface area contributed by atoms with Crippen LogP contribution >= 0.6 is 24.8 Å². The molecule has 0 saturated carbocycles. The van der Waals surface area contributed by atoms with E-state index in [9.17, 15) is 4.79 Å². The van der Waals surface area contributed by atoms with E-state index < -0.39 is 0 Å². The van der Waals surface area contributed by atoms with Crippen LogP contribution in [0.5, 0.6) is 0 Å². The summed E-state index contributed by atoms with van der Waals surface area (Å²) in [6.07, 6.45) is 3.42. The molecule has 1 unspecified atom stereocenters. The molecule has 4 nitrogen and oxygen atoms in total. The number of hydrogen-bond acceptors (Lipinski definition) is 3. The minimum atomic E-state index is 0. The van der Waals surface area contributed by atoms with Crippen molar-refractivity contribution in [3.05, 3.63) is 35.4 Å². The van der Waals surface area contributed by atoms with E-state index in [1.165, 1.54) is 31.5 Å². The Morgan fingerprint density at radius 3 is 2.48 bits per heavy atom. The van der Waals surface area contributed by atoms with Crippen LogP contribution in [-0.4, -0.2) is 48.4 Å². The summed E-state index contributed by atoms with van der Waals surface area (Å²) >= 11 is 0. The van der Waals surface area contributed by atoms with Gasteiger partial charge in [-0.25, -0.2) is 0 Å². The Balaban J connectivity index is 0.00000288. The third-order valence-electron chi connectivity index (χ3n) is 4.78. The minimum absolute atomic E-state index is 0. The molecule has 1 atom stereocenters. The number of carbonyl (C=O) groups excluding carboxylic acids is 1. The van der Waals surface area contributed by atoms with Gasteiger partial charge in [-0.15, -0.1) is 24.8 Å². The van der Waals surface area contributed by atoms with Crippen LogP contribution < -0.4 is 5.73 Å². The summed E-state index contributed by atoms with van der Waals surface area (Å²) in [5.74, 6) is 0.534. The van der Waals surface area contributed by atoms with Gasteiger partial charge >= 0.3 is 0 Å². The molecule has 1 heterocycles. The number of amides is 1. The van der Waals surface area contributed by atoms with E-state index in [0.717, 1.165) is 18.5 Å². The van der Waals surface area contributed by atoms with Crippen molar-refractivity contribution in [3.8, 4) is 0 Å². The second-order valence-corrected chi connectivity index (χ2v) is 7.11. The van der Waals surface area contributed by atoms with Crippen LogP contribution in [-0.2, 0) is 6.54 Å². The molecule has 2 rings (SSSR count). The fourth-order valence-corrected chi connectivity index (χ4v) is 3.00. The van der Waals surface area contributed by atoms with Gasteiger partial charge in [-0.3, -0.25) is 9.69 Å². The standard InChI is InChI=1S/C19H31N3O.2ClH/c1-15(2)18(20)9-12-21(3)19(23)17-8-6-7-16(13-17)14-22-10-4-5-11-22;;/h6-8,13,15,18H,4-5,9-12,14,20H2,1-3H3;2*1H. The van der Waals surface area contributed by atoms with Gasteiger partial charge in [0.05, 0.1) is 0 Å². The zero-order valence-electron chi connectivity index (χ0n) is 15.6. The molecule has 1 saturated heterocycles. The van der Waals surface area contributed by atoms with Crippen LogP contribution in [0.15, 0.2) is 24.3 Å². The molecule has 0 spiro atoms. The zero-order valence-corrected chi connectivity index (χ0v) is 17.2. The predicted octanol–water partition coefficient (Wildman–Crippen LogP) is 3.57. The van der Waals surface area contributed by atoms with Gasteiger partial charge in [0, 0.05) is 31.7 Å². The fourth-order valence-electron chi connectivity index (χ4n) is 3.00. The molecule has 0 bridgehead atoms. The molecule has 1 aliphatic rings. The summed E-state index contributed by atoms with van der Waals surface area (Å²) in [6, 6.07) is 8.20. The summed E-state index contributed by atoms with van der Waals surface area (Å²) in [5, 5.41) is 0. The van der Waals surface area contributed by atoms with Gasteiger partial charge in [0.2, 0.25) is 0 Å². The highest BCUT2D eigenvalue weighted by Crippen LogP contribution is 2.15. The maximum absolute atomic E-state index is 12.6. The maximum Gasteiger partial charge on any atom is 0.253 e. The molecular weight excluding hydrogens is 357 g/mol. The summed E-state index contributed by atoms with van der Waals surface area (Å²) in [4.78, 5) is 16.8. The average molecular weight is 390 g/mol. The van der Waals surface area contributed by atoms with Gasteiger partial charge in [-0.2, -0.15) is 0 Å². The minimum Gasteiger partial charge on any atom is -0.342 e. The molecule has 0 aliphatic carbocycles. The maximum atomic E-state index is 12.6. The highest BCUT2D eigenvalue weighted by atomic mass is 35.5. The van der Waals surface area contributed by atoms with Crippen LogP contribution in [0, 0.1) is 5.92 Å². The summed E-state index contributed by atoms with van der Waals surface area (Å²) < 4.78 is 0. The summed E-state index contributed by atoms with van der Waals surface area (Å²) in [6.45, 7) is 8.23. The largest absolute Gasteiger partial charge is 0.342 e. The third-order valence-corrected chi connectivity index (χ3v) is 4.78. The molecule has 1 aromatic carbocycles. The average Bonchev–Trinajstić information content (AvgIpc) is 3.04. The lowest BCUT2D eigenvalue weighted by molar-refractivity contribution is 0.0789. The van der Waals surface area contributed by atoms with Crippen molar-refractivity contribution in [3.63, 3.8) is 0 Å². The predicted molar refractivity (Wildman–Crippen MR) is 110 cm³/mol. The summed E-state index contributed by atoms with van der Waals surface area (Å²) in [5.41, 5.74) is 8.08. The molecule has 144 valence electrons. The van der Waals surface area contributed by atoms with Crippen LogP contribution in [0.2, 0.25) is 0 Å². The quantitative estimate of drug-likeness (QED) is 0.774. The van der Waals surface area contributed by atoms with Crippen molar-refractivity contribution >= 4 is 30.7 Å². The molecule has 1 aliphatic heterocycles. The number of benzene rings is 1. The first-order chi connectivity index (χ1) is 11.0. The highest BCUT2D eigenvalue weighted by molar-refractivity contribution is 5.94. The Labute approximate surface area is 164 Å². The Morgan fingerprint density at radius 1 is 1.24 bits per heavy atom. The van der Waals surface area contributed by atoms with Crippen molar-refractivity contribution in [2.24, 2.45) is 11.7 Å². The van der Waals surface area contributed by atoms with Crippen LogP contribution in [0.25, 0.3) is 0 Å². The number of nitrogens with zero attached hydrogens (tertiary/aromatic N) is 2. The van der Waals surface area contributed by atoms with Gasteiger partial charge in [-0.05, 0) is 56.0 Å². The lowest BCUT2D eigenvalue weighted by atomic mass is 10.0. The van der Waals surface area contributed by atoms with Crippen molar-refractivity contribution in [1.29, 1.82) is 0 Å². The van der Waals surface area contributed by atoms with Crippen LogP contribution in [0.1, 0.15) is 49.0 Å². The monoisotopic (exact) mass is 389 g/mol. The second-order valence-electron chi connectivity index (χ2n) is 7.11.